The molecule has 1 aliphatic heterocycles. The number of hydrogen-bond donors (Lipinski definition) is 0. The highest BCUT2D eigenvalue weighted by Gasteiger charge is 2.31. The van der Waals surface area contributed by atoms with Crippen molar-refractivity contribution in [1.82, 2.24) is 0 Å². The lowest BCUT2D eigenvalue weighted by Gasteiger charge is -2.22. The van der Waals surface area contributed by atoms with Crippen LogP contribution in [0, 0.1) is 0 Å². The SMILES string of the molecule is CCC(=Cc1oc2ccc3ccccc3c2[n+]1Cc1ccccc1S(=O)(=O)[O-])C=C1Oc2ccc3ccccc3c2N1Cc1ccccc1S(=O)(=O)[O-]. The first-order valence-electron chi connectivity index (χ1n) is 16.8. The van der Waals surface area contributed by atoms with Crippen LogP contribution >= 0.6 is 0 Å². The van der Waals surface area contributed by atoms with Crippen molar-refractivity contribution in [3.63, 3.8) is 0 Å². The number of aromatic nitrogens is 1. The van der Waals surface area contributed by atoms with E-state index in [4.69, 9.17) is 9.15 Å². The van der Waals surface area contributed by atoms with Gasteiger partial charge < -0.3 is 23.2 Å². The zero-order valence-electron chi connectivity index (χ0n) is 28.3. The number of hydrogen-bond acceptors (Lipinski definition) is 9. The molecule has 0 amide bonds. The molecule has 0 N–H and O–H groups in total. The van der Waals surface area contributed by atoms with Gasteiger partial charge in [0.25, 0.3) is 5.52 Å². The van der Waals surface area contributed by atoms with Gasteiger partial charge >= 0.3 is 5.89 Å². The predicted octanol–water partition coefficient (Wildman–Crippen LogP) is 7.62. The van der Waals surface area contributed by atoms with E-state index < -0.39 is 20.2 Å². The highest BCUT2D eigenvalue weighted by molar-refractivity contribution is 7.86. The Kier molecular flexibility index (Phi) is 8.62. The lowest BCUT2D eigenvalue weighted by Crippen LogP contribution is -2.36. The first-order valence-corrected chi connectivity index (χ1v) is 19.6. The van der Waals surface area contributed by atoms with E-state index in [-0.39, 0.29) is 22.9 Å². The van der Waals surface area contributed by atoms with E-state index in [9.17, 15) is 25.9 Å². The molecule has 0 atom stereocenters. The summed E-state index contributed by atoms with van der Waals surface area (Å²) in [5.41, 5.74) is 3.40. The second-order valence-corrected chi connectivity index (χ2v) is 15.4. The third-order valence-electron chi connectivity index (χ3n) is 9.39. The van der Waals surface area contributed by atoms with Crippen molar-refractivity contribution in [2.45, 2.75) is 36.2 Å². The lowest BCUT2D eigenvalue weighted by molar-refractivity contribution is -0.668. The summed E-state index contributed by atoms with van der Waals surface area (Å²) in [6.45, 7) is 2.02. The number of benzene rings is 6. The van der Waals surface area contributed by atoms with Crippen molar-refractivity contribution in [3.05, 3.63) is 156 Å². The van der Waals surface area contributed by atoms with Gasteiger partial charge in [-0.05, 0) is 58.7 Å². The van der Waals surface area contributed by atoms with Crippen LogP contribution in [0.4, 0.5) is 5.69 Å². The molecule has 0 saturated carbocycles. The van der Waals surface area contributed by atoms with E-state index in [1.54, 1.807) is 24.3 Å². The topological polar surface area (TPSA) is 144 Å². The zero-order valence-corrected chi connectivity index (χ0v) is 29.9. The fourth-order valence-corrected chi connectivity index (χ4v) is 8.33. The number of rotatable bonds is 9. The van der Waals surface area contributed by atoms with E-state index in [1.165, 1.54) is 24.3 Å². The molecular formula is C41H31N2O8S2-. The Balaban J connectivity index is 1.30. The fraction of sp³-hybridized carbons (Fsp3) is 0.0976. The van der Waals surface area contributed by atoms with Gasteiger partial charge in [0.1, 0.15) is 20.2 Å². The third-order valence-corrected chi connectivity index (χ3v) is 11.3. The lowest BCUT2D eigenvalue weighted by atomic mass is 10.1. The first-order chi connectivity index (χ1) is 25.5. The molecule has 0 spiro atoms. The number of nitrogens with zero attached hydrogens (tertiary/aromatic N) is 2. The van der Waals surface area contributed by atoms with Crippen LogP contribution < -0.4 is 14.2 Å². The maximum Gasteiger partial charge on any atom is 0.374 e. The predicted molar refractivity (Wildman–Crippen MR) is 199 cm³/mol. The Labute approximate surface area is 306 Å². The van der Waals surface area contributed by atoms with Crippen molar-refractivity contribution in [2.75, 3.05) is 4.90 Å². The zero-order chi connectivity index (χ0) is 36.9. The Morgan fingerprint density at radius 1 is 0.717 bits per heavy atom. The summed E-state index contributed by atoms with van der Waals surface area (Å²) >= 11 is 0. The van der Waals surface area contributed by atoms with Gasteiger partial charge in [-0.2, -0.15) is 4.57 Å². The Morgan fingerprint density at radius 2 is 1.30 bits per heavy atom. The first kappa shape index (κ1) is 34.3. The normalized spacial score (nSPS) is 14.4. The molecule has 2 heterocycles. The summed E-state index contributed by atoms with van der Waals surface area (Å²) in [6, 6.07) is 35.4. The van der Waals surface area contributed by atoms with Gasteiger partial charge in [-0.3, -0.25) is 0 Å². The quantitative estimate of drug-likeness (QED) is 0.108. The maximum absolute atomic E-state index is 12.3. The van der Waals surface area contributed by atoms with Crippen LogP contribution in [0.5, 0.6) is 5.75 Å². The summed E-state index contributed by atoms with van der Waals surface area (Å²) in [5, 5.41) is 3.67. The number of fused-ring (bicyclic) bond motifs is 6. The van der Waals surface area contributed by atoms with E-state index in [0.29, 0.717) is 40.7 Å². The molecule has 53 heavy (non-hydrogen) atoms. The molecule has 7 aromatic rings. The average Bonchev–Trinajstić information content (AvgIpc) is 3.68. The Morgan fingerprint density at radius 3 is 2.00 bits per heavy atom. The molecule has 0 bridgehead atoms. The minimum Gasteiger partial charge on any atom is -0.744 e. The van der Waals surface area contributed by atoms with Crippen molar-refractivity contribution in [2.24, 2.45) is 0 Å². The molecule has 266 valence electrons. The molecule has 0 radical (unpaired) electrons. The molecule has 12 heteroatoms. The molecule has 6 aromatic carbocycles. The standard InChI is InChI=1S/C41H32N2O8S2/c1-2-27(23-38-42(25-30-13-5-9-17-36(30)52(44,45)46)40-32-15-7-3-11-28(32)19-21-34(40)50-38)24-39-43(26-31-14-6-10-18-37(31)53(47,48)49)41-33-16-8-4-12-29(33)20-22-35(41)51-39/h3-24H,2,25-26H2,1H3,(H-,44,45,46,47,48,49)/p-1. The smallest absolute Gasteiger partial charge is 0.374 e. The van der Waals surface area contributed by atoms with E-state index in [1.807, 2.05) is 101 Å². The Bertz CT molecular complexity index is 2880. The van der Waals surface area contributed by atoms with Gasteiger partial charge in [0.2, 0.25) is 11.5 Å². The fourth-order valence-electron chi connectivity index (χ4n) is 6.94. The number of anilines is 1. The van der Waals surface area contributed by atoms with Gasteiger partial charge in [-0.15, -0.1) is 0 Å². The largest absolute Gasteiger partial charge is 0.744 e. The Hall–Kier alpha value is -5.79. The number of ether oxygens (including phenoxy) is 1. The summed E-state index contributed by atoms with van der Waals surface area (Å²) in [6.07, 6.45) is 4.19. The van der Waals surface area contributed by atoms with E-state index >= 15 is 0 Å². The van der Waals surface area contributed by atoms with Crippen LogP contribution in [0.3, 0.4) is 0 Å². The van der Waals surface area contributed by atoms with Crippen molar-refractivity contribution in [1.29, 1.82) is 0 Å². The summed E-state index contributed by atoms with van der Waals surface area (Å²) < 4.78 is 88.6. The summed E-state index contributed by atoms with van der Waals surface area (Å²) in [5.74, 6) is 1.37. The van der Waals surface area contributed by atoms with Crippen LogP contribution in [-0.4, -0.2) is 25.9 Å². The third kappa shape index (κ3) is 6.46. The minimum atomic E-state index is -4.77. The van der Waals surface area contributed by atoms with Gasteiger partial charge in [-0.1, -0.05) is 97.9 Å². The molecule has 0 saturated heterocycles. The van der Waals surface area contributed by atoms with Crippen LogP contribution in [0.15, 0.2) is 153 Å². The molecule has 0 aliphatic carbocycles. The summed E-state index contributed by atoms with van der Waals surface area (Å²) in [7, 11) is -9.55. The number of oxazole rings is 1. The number of allylic oxidation sites excluding steroid dienone is 2. The second kappa shape index (κ2) is 13.3. The molecule has 0 fully saturated rings. The monoisotopic (exact) mass is 743 g/mol. The van der Waals surface area contributed by atoms with Gasteiger partial charge in [0, 0.05) is 17.0 Å². The highest BCUT2D eigenvalue weighted by atomic mass is 32.2. The van der Waals surface area contributed by atoms with Gasteiger partial charge in [0.15, 0.2) is 12.3 Å². The van der Waals surface area contributed by atoms with Crippen LogP contribution in [0.1, 0.15) is 30.4 Å². The highest BCUT2D eigenvalue weighted by Crippen LogP contribution is 2.45. The minimum absolute atomic E-state index is 0.0263. The second-order valence-electron chi connectivity index (χ2n) is 12.7. The van der Waals surface area contributed by atoms with E-state index in [0.717, 1.165) is 38.3 Å². The average molecular weight is 744 g/mol. The maximum atomic E-state index is 12.3. The van der Waals surface area contributed by atoms with Crippen LogP contribution in [0.2, 0.25) is 0 Å². The van der Waals surface area contributed by atoms with Crippen LogP contribution in [-0.2, 0) is 33.3 Å². The van der Waals surface area contributed by atoms with Gasteiger partial charge in [0.05, 0.1) is 33.5 Å². The summed E-state index contributed by atoms with van der Waals surface area (Å²) in [4.78, 5) is 1.24. The van der Waals surface area contributed by atoms with Crippen LogP contribution in [0.25, 0.3) is 38.7 Å². The van der Waals surface area contributed by atoms with Gasteiger partial charge in [-0.25, -0.2) is 16.8 Å². The van der Waals surface area contributed by atoms with Crippen molar-refractivity contribution < 1.29 is 39.7 Å². The van der Waals surface area contributed by atoms with Crippen molar-refractivity contribution >= 4 is 64.6 Å². The molecular weight excluding hydrogens is 713 g/mol. The molecule has 1 aromatic heterocycles. The molecule has 1 aliphatic rings. The van der Waals surface area contributed by atoms with Crippen molar-refractivity contribution in [3.8, 4) is 5.75 Å². The molecule has 10 nitrogen and oxygen atoms in total. The molecule has 0 unspecified atom stereocenters. The van der Waals surface area contributed by atoms with E-state index in [2.05, 4.69) is 0 Å². The molecule has 8 rings (SSSR count).